The van der Waals surface area contributed by atoms with Crippen molar-refractivity contribution in [3.8, 4) is 0 Å². The first-order valence-electron chi connectivity index (χ1n) is 6.29. The van der Waals surface area contributed by atoms with Crippen LogP contribution in [0.5, 0.6) is 0 Å². The summed E-state index contributed by atoms with van der Waals surface area (Å²) in [5, 5.41) is 0. The first kappa shape index (κ1) is 11.4. The first-order valence-corrected chi connectivity index (χ1v) is 6.29. The molecule has 0 saturated carbocycles. The summed E-state index contributed by atoms with van der Waals surface area (Å²) in [6.07, 6.45) is 3.72. The molecule has 1 aliphatic heterocycles. The monoisotopic (exact) mass is 239 g/mol. The molecular formula is C15H17N3. The Hall–Kier alpha value is -1.71. The van der Waals surface area contributed by atoms with Gasteiger partial charge in [-0.25, -0.2) is 0 Å². The van der Waals surface area contributed by atoms with E-state index >= 15 is 0 Å². The van der Waals surface area contributed by atoms with Crippen LogP contribution in [0.25, 0.3) is 0 Å². The molecule has 1 atom stereocenters. The molecule has 3 nitrogen and oxygen atoms in total. The van der Waals surface area contributed by atoms with Crippen LogP contribution in [0, 0.1) is 0 Å². The molecule has 3 rings (SSSR count). The molecule has 92 valence electrons. The van der Waals surface area contributed by atoms with Crippen LogP contribution in [0.15, 0.2) is 48.8 Å². The standard InChI is InChI=1S/C15H17N3/c16-8-15(12-6-3-7-17-9-12)18-10-13-4-1-2-5-14(13)11-18/h1-7,9,15H,8,10-11,16H2. The van der Waals surface area contributed by atoms with Crippen LogP contribution < -0.4 is 5.73 Å². The second kappa shape index (κ2) is 4.88. The lowest BCUT2D eigenvalue weighted by Crippen LogP contribution is -2.29. The number of rotatable bonds is 3. The van der Waals surface area contributed by atoms with E-state index in [0.717, 1.165) is 13.1 Å². The molecule has 0 amide bonds. The van der Waals surface area contributed by atoms with Gasteiger partial charge in [0.05, 0.1) is 0 Å². The summed E-state index contributed by atoms with van der Waals surface area (Å²) in [7, 11) is 0. The Morgan fingerprint density at radius 1 is 1.11 bits per heavy atom. The zero-order valence-corrected chi connectivity index (χ0v) is 10.3. The summed E-state index contributed by atoms with van der Waals surface area (Å²) in [6.45, 7) is 2.58. The van der Waals surface area contributed by atoms with Crippen molar-refractivity contribution < 1.29 is 0 Å². The zero-order chi connectivity index (χ0) is 12.4. The molecule has 2 heterocycles. The van der Waals surface area contributed by atoms with Crippen molar-refractivity contribution in [1.29, 1.82) is 0 Å². The Morgan fingerprint density at radius 2 is 1.83 bits per heavy atom. The Labute approximate surface area is 107 Å². The maximum absolute atomic E-state index is 5.95. The van der Waals surface area contributed by atoms with E-state index in [-0.39, 0.29) is 6.04 Å². The summed E-state index contributed by atoms with van der Waals surface area (Å²) in [6, 6.07) is 12.9. The fourth-order valence-corrected chi connectivity index (χ4v) is 2.65. The first-order chi connectivity index (χ1) is 8.88. The minimum atomic E-state index is 0.256. The van der Waals surface area contributed by atoms with Crippen molar-refractivity contribution in [2.24, 2.45) is 5.73 Å². The second-order valence-corrected chi connectivity index (χ2v) is 4.71. The quantitative estimate of drug-likeness (QED) is 0.892. The van der Waals surface area contributed by atoms with Crippen LogP contribution in [0.4, 0.5) is 0 Å². The van der Waals surface area contributed by atoms with E-state index in [9.17, 15) is 0 Å². The van der Waals surface area contributed by atoms with Crippen LogP contribution in [0.2, 0.25) is 0 Å². The summed E-state index contributed by atoms with van der Waals surface area (Å²) in [5.41, 5.74) is 9.98. The van der Waals surface area contributed by atoms with Crippen LogP contribution in [0.1, 0.15) is 22.7 Å². The number of nitrogens with two attached hydrogens (primary N) is 1. The molecule has 0 saturated heterocycles. The predicted molar refractivity (Wildman–Crippen MR) is 71.7 cm³/mol. The minimum Gasteiger partial charge on any atom is -0.329 e. The highest BCUT2D eigenvalue weighted by atomic mass is 15.2. The lowest BCUT2D eigenvalue weighted by Gasteiger charge is -2.26. The van der Waals surface area contributed by atoms with Gasteiger partial charge in [0.15, 0.2) is 0 Å². The van der Waals surface area contributed by atoms with Crippen LogP contribution in [0.3, 0.4) is 0 Å². The topological polar surface area (TPSA) is 42.1 Å². The third-order valence-corrected chi connectivity index (χ3v) is 3.60. The van der Waals surface area contributed by atoms with Gasteiger partial charge in [0.1, 0.15) is 0 Å². The molecular weight excluding hydrogens is 222 g/mol. The van der Waals surface area contributed by atoms with Crippen molar-refractivity contribution in [2.45, 2.75) is 19.1 Å². The van der Waals surface area contributed by atoms with E-state index in [1.807, 2.05) is 12.3 Å². The number of aromatic nitrogens is 1. The summed E-state index contributed by atoms with van der Waals surface area (Å²) in [5.74, 6) is 0. The fourth-order valence-electron chi connectivity index (χ4n) is 2.65. The van der Waals surface area contributed by atoms with Gasteiger partial charge in [-0.3, -0.25) is 9.88 Å². The number of nitrogens with zero attached hydrogens (tertiary/aromatic N) is 2. The van der Waals surface area contributed by atoms with Crippen LogP contribution >= 0.6 is 0 Å². The molecule has 2 N–H and O–H groups in total. The van der Waals surface area contributed by atoms with Gasteiger partial charge in [0.25, 0.3) is 0 Å². The largest absolute Gasteiger partial charge is 0.329 e. The highest BCUT2D eigenvalue weighted by Crippen LogP contribution is 2.30. The number of fused-ring (bicyclic) bond motifs is 1. The summed E-state index contributed by atoms with van der Waals surface area (Å²) in [4.78, 5) is 6.61. The zero-order valence-electron chi connectivity index (χ0n) is 10.3. The van der Waals surface area contributed by atoms with Crippen molar-refractivity contribution in [3.05, 3.63) is 65.5 Å². The summed E-state index contributed by atoms with van der Waals surface area (Å²) >= 11 is 0. The van der Waals surface area contributed by atoms with Gasteiger partial charge in [-0.2, -0.15) is 0 Å². The number of hydrogen-bond acceptors (Lipinski definition) is 3. The van der Waals surface area contributed by atoms with Gasteiger partial charge >= 0.3 is 0 Å². The minimum absolute atomic E-state index is 0.256. The molecule has 18 heavy (non-hydrogen) atoms. The Kier molecular flexibility index (Phi) is 3.09. The van der Waals surface area contributed by atoms with Gasteiger partial charge in [0, 0.05) is 38.1 Å². The van der Waals surface area contributed by atoms with E-state index in [1.165, 1.54) is 16.7 Å². The highest BCUT2D eigenvalue weighted by molar-refractivity contribution is 5.31. The molecule has 1 unspecified atom stereocenters. The Bertz CT molecular complexity index is 499. The van der Waals surface area contributed by atoms with Gasteiger partial charge in [-0.1, -0.05) is 30.3 Å². The van der Waals surface area contributed by atoms with Crippen molar-refractivity contribution in [3.63, 3.8) is 0 Å². The third kappa shape index (κ3) is 2.03. The highest BCUT2D eigenvalue weighted by Gasteiger charge is 2.25. The van der Waals surface area contributed by atoms with Crippen LogP contribution in [-0.2, 0) is 13.1 Å². The molecule has 3 heteroatoms. The normalized spacial score (nSPS) is 16.5. The molecule has 1 aromatic heterocycles. The smallest absolute Gasteiger partial charge is 0.0492 e. The van der Waals surface area contributed by atoms with E-state index in [1.54, 1.807) is 6.20 Å². The van der Waals surface area contributed by atoms with E-state index in [4.69, 9.17) is 5.73 Å². The van der Waals surface area contributed by atoms with Gasteiger partial charge in [-0.15, -0.1) is 0 Å². The third-order valence-electron chi connectivity index (χ3n) is 3.60. The molecule has 0 radical (unpaired) electrons. The molecule has 0 spiro atoms. The van der Waals surface area contributed by atoms with Gasteiger partial charge < -0.3 is 5.73 Å². The van der Waals surface area contributed by atoms with E-state index < -0.39 is 0 Å². The Morgan fingerprint density at radius 3 is 2.39 bits per heavy atom. The van der Waals surface area contributed by atoms with E-state index in [0.29, 0.717) is 6.54 Å². The average Bonchev–Trinajstić information content (AvgIpc) is 2.84. The van der Waals surface area contributed by atoms with Gasteiger partial charge in [-0.05, 0) is 22.8 Å². The summed E-state index contributed by atoms with van der Waals surface area (Å²) < 4.78 is 0. The fraction of sp³-hybridized carbons (Fsp3) is 0.267. The molecule has 2 aromatic rings. The average molecular weight is 239 g/mol. The lowest BCUT2D eigenvalue weighted by molar-refractivity contribution is 0.205. The second-order valence-electron chi connectivity index (χ2n) is 4.71. The molecule has 1 aliphatic rings. The van der Waals surface area contributed by atoms with Crippen LogP contribution in [-0.4, -0.2) is 16.4 Å². The predicted octanol–water partition coefficient (Wildman–Crippen LogP) is 2.10. The maximum atomic E-state index is 5.95. The molecule has 0 aliphatic carbocycles. The number of benzene rings is 1. The lowest BCUT2D eigenvalue weighted by atomic mass is 10.1. The van der Waals surface area contributed by atoms with Crippen molar-refractivity contribution in [1.82, 2.24) is 9.88 Å². The maximum Gasteiger partial charge on any atom is 0.0492 e. The molecule has 0 fully saturated rings. The molecule has 0 bridgehead atoms. The van der Waals surface area contributed by atoms with Crippen molar-refractivity contribution >= 4 is 0 Å². The number of pyridine rings is 1. The SMILES string of the molecule is NCC(c1cccnc1)N1Cc2ccccc2C1. The Balaban J connectivity index is 1.84. The number of hydrogen-bond donors (Lipinski definition) is 1. The molecule has 1 aromatic carbocycles. The van der Waals surface area contributed by atoms with Crippen molar-refractivity contribution in [2.75, 3.05) is 6.54 Å². The van der Waals surface area contributed by atoms with E-state index in [2.05, 4.69) is 40.2 Å². The van der Waals surface area contributed by atoms with Gasteiger partial charge in [0.2, 0.25) is 0 Å².